The van der Waals surface area contributed by atoms with Crippen LogP contribution in [0.1, 0.15) is 18.2 Å². The Morgan fingerprint density at radius 1 is 1.40 bits per heavy atom. The minimum absolute atomic E-state index is 0. The van der Waals surface area contributed by atoms with Crippen molar-refractivity contribution in [2.45, 2.75) is 13.8 Å². The van der Waals surface area contributed by atoms with Crippen molar-refractivity contribution in [3.63, 3.8) is 0 Å². The Bertz CT molecular complexity index is 933. The third-order valence-corrected chi connectivity index (χ3v) is 7.76. The summed E-state index contributed by atoms with van der Waals surface area (Å²) in [5.41, 5.74) is 9.63. The van der Waals surface area contributed by atoms with E-state index >= 15 is 0 Å². The standard InChI is InChI=1S/C16H15BrN4S3.ClH/c1-8-3-4-12(11(17)5-8)20-16-21-13(7-23-16)10-6-14(15(18)19)24(22)9(10)2;/h3-7H,1-2H3,(H3,18,19)(H,20,21);1H. The van der Waals surface area contributed by atoms with Crippen molar-refractivity contribution in [1.82, 2.24) is 4.98 Å². The second-order valence-corrected chi connectivity index (χ2v) is 9.61. The molecule has 0 amide bonds. The summed E-state index contributed by atoms with van der Waals surface area (Å²) in [6.45, 7) is 4.04. The lowest BCUT2D eigenvalue weighted by Crippen LogP contribution is -2.14. The molecular formula is C16H16BrClN4S3. The molecule has 2 aromatic rings. The van der Waals surface area contributed by atoms with Crippen LogP contribution in [0.2, 0.25) is 0 Å². The second-order valence-electron chi connectivity index (χ2n) is 5.31. The molecule has 0 fully saturated rings. The number of amidine groups is 1. The van der Waals surface area contributed by atoms with Gasteiger partial charge in [-0.3, -0.25) is 5.41 Å². The highest BCUT2D eigenvalue weighted by atomic mass is 79.9. The first-order valence-corrected chi connectivity index (χ1v) is 10.9. The molecule has 0 saturated carbocycles. The van der Waals surface area contributed by atoms with Crippen LogP contribution in [0.25, 0.3) is 5.57 Å². The van der Waals surface area contributed by atoms with Crippen LogP contribution in [0.3, 0.4) is 0 Å². The molecule has 2 heterocycles. The fraction of sp³-hybridized carbons (Fsp3) is 0.125. The minimum atomic E-state index is -0.540. The van der Waals surface area contributed by atoms with Crippen LogP contribution in [0, 0.1) is 12.3 Å². The Hall–Kier alpha value is -1.06. The zero-order valence-corrected chi connectivity index (χ0v) is 18.3. The molecule has 0 bridgehead atoms. The number of nitrogens with zero attached hydrogens (tertiary/aromatic N) is 1. The highest BCUT2D eigenvalue weighted by Crippen LogP contribution is 2.35. The number of hydrogen-bond donors (Lipinski definition) is 3. The SMILES string of the molecule is CC1=C(c2csc(Nc3ccc(C)cc3Br)n2)C=C(C(=N)N)S1=S.Cl. The molecule has 1 aliphatic heterocycles. The second kappa shape index (κ2) is 8.09. The van der Waals surface area contributed by atoms with Gasteiger partial charge in [-0.25, -0.2) is 4.98 Å². The monoisotopic (exact) mass is 474 g/mol. The number of halogens is 2. The first-order valence-electron chi connectivity index (χ1n) is 7.04. The van der Waals surface area contributed by atoms with E-state index in [4.69, 9.17) is 22.3 Å². The molecule has 3 rings (SSSR count). The van der Waals surface area contributed by atoms with Crippen molar-refractivity contribution in [2.24, 2.45) is 5.73 Å². The third-order valence-electron chi connectivity index (χ3n) is 3.54. The highest BCUT2D eigenvalue weighted by molar-refractivity contribution is 9.10. The Labute approximate surface area is 172 Å². The van der Waals surface area contributed by atoms with E-state index in [0.717, 1.165) is 31.5 Å². The van der Waals surface area contributed by atoms with Gasteiger partial charge in [-0.05, 0) is 64.7 Å². The summed E-state index contributed by atoms with van der Waals surface area (Å²) in [4.78, 5) is 6.42. The number of benzene rings is 1. The molecule has 0 saturated heterocycles. The van der Waals surface area contributed by atoms with E-state index in [2.05, 4.69) is 45.3 Å². The Balaban J connectivity index is 0.00000225. The molecule has 1 atom stereocenters. The highest BCUT2D eigenvalue weighted by Gasteiger charge is 2.22. The maximum absolute atomic E-state index is 7.65. The van der Waals surface area contributed by atoms with E-state index in [1.165, 1.54) is 16.9 Å². The number of rotatable bonds is 4. The molecule has 1 unspecified atom stereocenters. The summed E-state index contributed by atoms with van der Waals surface area (Å²) >= 11 is 10.6. The van der Waals surface area contributed by atoms with E-state index < -0.39 is 9.45 Å². The lowest BCUT2D eigenvalue weighted by Gasteiger charge is -2.06. The molecule has 1 aromatic heterocycles. The Kier molecular flexibility index (Phi) is 6.56. The van der Waals surface area contributed by atoms with Crippen molar-refractivity contribution in [3.05, 3.63) is 55.2 Å². The van der Waals surface area contributed by atoms with Crippen LogP contribution in [0.15, 0.2) is 43.9 Å². The molecule has 132 valence electrons. The third kappa shape index (κ3) is 4.20. The lowest BCUT2D eigenvalue weighted by molar-refractivity contribution is 1.33. The zero-order chi connectivity index (χ0) is 17.4. The van der Waals surface area contributed by atoms with Gasteiger partial charge in [0.25, 0.3) is 0 Å². The Morgan fingerprint density at radius 2 is 2.12 bits per heavy atom. The molecule has 0 aliphatic carbocycles. The molecule has 0 radical (unpaired) electrons. The van der Waals surface area contributed by atoms with Gasteiger partial charge in [-0.2, -0.15) is 0 Å². The van der Waals surface area contributed by atoms with Gasteiger partial charge in [0, 0.05) is 20.3 Å². The van der Waals surface area contributed by atoms with Crippen LogP contribution in [-0.2, 0) is 20.6 Å². The van der Waals surface area contributed by atoms with Crippen LogP contribution in [0.5, 0.6) is 0 Å². The smallest absolute Gasteiger partial charge is 0.187 e. The predicted octanol–water partition coefficient (Wildman–Crippen LogP) is 5.02. The average Bonchev–Trinajstić information content (AvgIpc) is 3.08. The molecule has 4 nitrogen and oxygen atoms in total. The topological polar surface area (TPSA) is 74.8 Å². The molecular weight excluding hydrogens is 460 g/mol. The summed E-state index contributed by atoms with van der Waals surface area (Å²) in [5, 5.41) is 13.8. The van der Waals surface area contributed by atoms with E-state index in [0.29, 0.717) is 4.91 Å². The van der Waals surface area contributed by atoms with Gasteiger partial charge >= 0.3 is 0 Å². The van der Waals surface area contributed by atoms with Crippen LogP contribution >= 0.6 is 39.7 Å². The first kappa shape index (κ1) is 20.3. The fourth-order valence-electron chi connectivity index (χ4n) is 2.27. The van der Waals surface area contributed by atoms with E-state index in [1.807, 2.05) is 24.4 Å². The number of anilines is 2. The largest absolute Gasteiger partial charge is 0.383 e. The minimum Gasteiger partial charge on any atom is -0.383 e. The predicted molar refractivity (Wildman–Crippen MR) is 119 cm³/mol. The van der Waals surface area contributed by atoms with E-state index in [1.54, 1.807) is 0 Å². The zero-order valence-electron chi connectivity index (χ0n) is 13.4. The Morgan fingerprint density at radius 3 is 2.72 bits per heavy atom. The molecule has 1 aromatic carbocycles. The first-order chi connectivity index (χ1) is 11.4. The number of aromatic nitrogens is 1. The van der Waals surface area contributed by atoms with Gasteiger partial charge in [0.1, 0.15) is 5.84 Å². The number of nitrogens with one attached hydrogen (secondary N) is 2. The van der Waals surface area contributed by atoms with Gasteiger partial charge in [0.2, 0.25) is 0 Å². The van der Waals surface area contributed by atoms with Gasteiger partial charge in [0.15, 0.2) is 5.13 Å². The summed E-state index contributed by atoms with van der Waals surface area (Å²) in [7, 11) is -0.540. The molecule has 0 spiro atoms. The summed E-state index contributed by atoms with van der Waals surface area (Å²) in [5.74, 6) is 0.0415. The maximum Gasteiger partial charge on any atom is 0.187 e. The van der Waals surface area contributed by atoms with Gasteiger partial charge in [0.05, 0.1) is 16.3 Å². The van der Waals surface area contributed by atoms with Gasteiger partial charge in [-0.1, -0.05) is 15.5 Å². The summed E-state index contributed by atoms with van der Waals surface area (Å²) < 4.78 is 1.00. The maximum atomic E-state index is 7.65. The van der Waals surface area contributed by atoms with E-state index in [-0.39, 0.29) is 18.2 Å². The lowest BCUT2D eigenvalue weighted by atomic mass is 10.2. The number of aryl methyl sites for hydroxylation is 1. The van der Waals surface area contributed by atoms with Crippen LogP contribution in [0.4, 0.5) is 10.8 Å². The molecule has 4 N–H and O–H groups in total. The van der Waals surface area contributed by atoms with Crippen LogP contribution < -0.4 is 11.1 Å². The number of nitrogens with two attached hydrogens (primary N) is 1. The quantitative estimate of drug-likeness (QED) is 0.428. The van der Waals surface area contributed by atoms with E-state index in [9.17, 15) is 0 Å². The van der Waals surface area contributed by atoms with Gasteiger partial charge < -0.3 is 11.1 Å². The fourth-order valence-corrected chi connectivity index (χ4v) is 5.39. The van der Waals surface area contributed by atoms with Crippen molar-refractivity contribution >= 4 is 82.5 Å². The van der Waals surface area contributed by atoms with Crippen molar-refractivity contribution < 1.29 is 0 Å². The van der Waals surface area contributed by atoms with Crippen LogP contribution in [-0.4, -0.2) is 10.8 Å². The summed E-state index contributed by atoms with van der Waals surface area (Å²) in [6.07, 6.45) is 1.90. The number of thiazole rings is 1. The normalized spacial score (nSPS) is 16.4. The summed E-state index contributed by atoms with van der Waals surface area (Å²) in [6, 6.07) is 6.14. The van der Waals surface area contributed by atoms with Gasteiger partial charge in [-0.15, -0.1) is 23.7 Å². The molecule has 1 aliphatic rings. The van der Waals surface area contributed by atoms with Crippen molar-refractivity contribution in [1.29, 1.82) is 5.41 Å². The average molecular weight is 476 g/mol. The number of allylic oxidation sites excluding steroid dienone is 3. The molecule has 9 heteroatoms. The number of hydrogen-bond acceptors (Lipinski definition) is 5. The van der Waals surface area contributed by atoms with Crippen molar-refractivity contribution in [3.8, 4) is 0 Å². The molecule has 25 heavy (non-hydrogen) atoms. The van der Waals surface area contributed by atoms with Crippen molar-refractivity contribution in [2.75, 3.05) is 5.32 Å².